The van der Waals surface area contributed by atoms with Gasteiger partial charge in [0.1, 0.15) is 9.79 Å². The molecule has 0 atom stereocenters. The van der Waals surface area contributed by atoms with E-state index in [1.807, 2.05) is 4.72 Å². The molecule has 3 N–H and O–H groups in total. The molecule has 0 spiro atoms. The van der Waals surface area contributed by atoms with Crippen LogP contribution in [0.15, 0.2) is 82.6 Å². The van der Waals surface area contributed by atoms with Crippen molar-refractivity contribution in [3.63, 3.8) is 0 Å². The molecule has 0 aromatic heterocycles. The standard InChI is InChI=1S/C21H15ClN2O5S2/c22-18-5-3-4-16(14-18)9-8-15-10-12-17(13-11-15)21(25)24-31(28,29)20-7-2-1-6-19(20)30(23,26)27/h1-7,10-14H,(H,24,25)(H2,23,26,27). The predicted molar refractivity (Wildman–Crippen MR) is 116 cm³/mol. The van der Waals surface area contributed by atoms with E-state index < -0.39 is 35.7 Å². The number of nitrogens with two attached hydrogens (primary N) is 1. The normalized spacial score (nSPS) is 11.3. The van der Waals surface area contributed by atoms with Crippen LogP contribution in [-0.2, 0) is 20.0 Å². The van der Waals surface area contributed by atoms with Gasteiger partial charge in [0, 0.05) is 21.7 Å². The number of sulfonamides is 2. The molecule has 7 nitrogen and oxygen atoms in total. The van der Waals surface area contributed by atoms with Crippen LogP contribution < -0.4 is 9.86 Å². The molecule has 3 aromatic carbocycles. The Labute approximate surface area is 185 Å². The van der Waals surface area contributed by atoms with E-state index in [1.54, 1.807) is 36.4 Å². The molecule has 0 heterocycles. The summed E-state index contributed by atoms with van der Waals surface area (Å²) in [5.41, 5.74) is 1.36. The maximum absolute atomic E-state index is 12.6. The molecule has 1 amide bonds. The topological polar surface area (TPSA) is 123 Å². The minimum Gasteiger partial charge on any atom is -0.268 e. The Bertz CT molecular complexity index is 1420. The SMILES string of the molecule is NS(=O)(=O)c1ccccc1S(=O)(=O)NC(=O)c1ccc(C#Cc2cccc(Cl)c2)cc1. The number of primary sulfonamides is 1. The number of hydrogen-bond donors (Lipinski definition) is 2. The van der Waals surface area contributed by atoms with Crippen LogP contribution in [0.4, 0.5) is 0 Å². The largest absolute Gasteiger partial charge is 0.268 e. The number of rotatable bonds is 4. The van der Waals surface area contributed by atoms with E-state index >= 15 is 0 Å². The van der Waals surface area contributed by atoms with Gasteiger partial charge in [-0.15, -0.1) is 0 Å². The molecule has 0 saturated heterocycles. The smallest absolute Gasteiger partial charge is 0.265 e. The number of hydrogen-bond acceptors (Lipinski definition) is 5. The van der Waals surface area contributed by atoms with Gasteiger partial charge in [0.15, 0.2) is 0 Å². The molecular formula is C21H15ClN2O5S2. The Morgan fingerprint density at radius 3 is 2.03 bits per heavy atom. The first-order valence-corrected chi connectivity index (χ1v) is 12.0. The molecular weight excluding hydrogens is 460 g/mol. The number of halogens is 1. The summed E-state index contributed by atoms with van der Waals surface area (Å²) in [5, 5.41) is 5.63. The first-order chi connectivity index (χ1) is 14.6. The van der Waals surface area contributed by atoms with Gasteiger partial charge < -0.3 is 0 Å². The molecule has 3 rings (SSSR count). The lowest BCUT2D eigenvalue weighted by atomic mass is 10.1. The zero-order chi connectivity index (χ0) is 22.6. The van der Waals surface area contributed by atoms with Crippen molar-refractivity contribution < 1.29 is 21.6 Å². The summed E-state index contributed by atoms with van der Waals surface area (Å²) in [6.45, 7) is 0. The Morgan fingerprint density at radius 1 is 0.806 bits per heavy atom. The second kappa shape index (κ2) is 8.91. The highest BCUT2D eigenvalue weighted by Crippen LogP contribution is 2.19. The summed E-state index contributed by atoms with van der Waals surface area (Å²) >= 11 is 5.91. The van der Waals surface area contributed by atoms with Crippen LogP contribution in [0.3, 0.4) is 0 Å². The second-order valence-electron chi connectivity index (χ2n) is 6.26. The van der Waals surface area contributed by atoms with Gasteiger partial charge in [0.05, 0.1) is 0 Å². The minimum atomic E-state index is -4.48. The third-order valence-electron chi connectivity index (χ3n) is 4.00. The van der Waals surface area contributed by atoms with Crippen LogP contribution in [-0.4, -0.2) is 22.7 Å². The monoisotopic (exact) mass is 474 g/mol. The molecule has 0 aliphatic rings. The summed E-state index contributed by atoms with van der Waals surface area (Å²) in [7, 11) is -8.79. The summed E-state index contributed by atoms with van der Waals surface area (Å²) < 4.78 is 50.3. The third kappa shape index (κ3) is 5.71. The van der Waals surface area contributed by atoms with Crippen molar-refractivity contribution in [2.75, 3.05) is 0 Å². The molecule has 0 unspecified atom stereocenters. The van der Waals surface area contributed by atoms with E-state index in [1.165, 1.54) is 24.3 Å². The lowest BCUT2D eigenvalue weighted by molar-refractivity contribution is 0.0981. The molecule has 158 valence electrons. The molecule has 31 heavy (non-hydrogen) atoms. The fraction of sp³-hybridized carbons (Fsp3) is 0. The van der Waals surface area contributed by atoms with E-state index in [4.69, 9.17) is 16.7 Å². The Morgan fingerprint density at radius 2 is 1.42 bits per heavy atom. The Hall–Kier alpha value is -3.16. The van der Waals surface area contributed by atoms with Gasteiger partial charge in [0.25, 0.3) is 15.9 Å². The van der Waals surface area contributed by atoms with Gasteiger partial charge in [-0.2, -0.15) is 0 Å². The zero-order valence-corrected chi connectivity index (χ0v) is 18.1. The maximum Gasteiger partial charge on any atom is 0.265 e. The number of carbonyl (C=O) groups is 1. The fourth-order valence-corrected chi connectivity index (χ4v) is 5.11. The summed E-state index contributed by atoms with van der Waals surface area (Å²) in [6, 6.07) is 17.7. The van der Waals surface area contributed by atoms with Crippen molar-refractivity contribution >= 4 is 37.6 Å². The van der Waals surface area contributed by atoms with Crippen LogP contribution in [0.25, 0.3) is 0 Å². The first-order valence-electron chi connectivity index (χ1n) is 8.63. The maximum atomic E-state index is 12.6. The molecule has 0 radical (unpaired) electrons. The molecule has 0 aliphatic heterocycles. The number of nitrogens with one attached hydrogen (secondary N) is 1. The van der Waals surface area contributed by atoms with Crippen LogP contribution in [0.1, 0.15) is 21.5 Å². The minimum absolute atomic E-state index is 0.0463. The van der Waals surface area contributed by atoms with Gasteiger partial charge in [-0.25, -0.2) is 26.7 Å². The van der Waals surface area contributed by atoms with Gasteiger partial charge in [0.2, 0.25) is 10.0 Å². The van der Waals surface area contributed by atoms with Crippen LogP contribution >= 0.6 is 11.6 Å². The summed E-state index contributed by atoms with van der Waals surface area (Å²) in [5.74, 6) is 4.91. The van der Waals surface area contributed by atoms with Gasteiger partial charge in [-0.1, -0.05) is 41.6 Å². The second-order valence-corrected chi connectivity index (χ2v) is 9.88. The van der Waals surface area contributed by atoms with E-state index in [0.717, 1.165) is 12.1 Å². The third-order valence-corrected chi connectivity index (χ3v) is 6.72. The molecule has 10 heteroatoms. The molecule has 0 aliphatic carbocycles. The van der Waals surface area contributed by atoms with Gasteiger partial charge in [-0.3, -0.25) is 4.79 Å². The van der Waals surface area contributed by atoms with Crippen molar-refractivity contribution in [3.05, 3.63) is 94.5 Å². The van der Waals surface area contributed by atoms with Crippen LogP contribution in [0, 0.1) is 11.8 Å². The highest BCUT2D eigenvalue weighted by atomic mass is 35.5. The van der Waals surface area contributed by atoms with Crippen LogP contribution in [0.2, 0.25) is 5.02 Å². The zero-order valence-electron chi connectivity index (χ0n) is 15.7. The fourth-order valence-electron chi connectivity index (χ4n) is 2.56. The Kier molecular flexibility index (Phi) is 6.48. The number of benzene rings is 3. The quantitative estimate of drug-likeness (QED) is 0.562. The predicted octanol–water partition coefficient (Wildman–Crippen LogP) is 2.51. The average Bonchev–Trinajstić information content (AvgIpc) is 2.72. The molecule has 0 fully saturated rings. The highest BCUT2D eigenvalue weighted by molar-refractivity contribution is 7.92. The lowest BCUT2D eigenvalue weighted by Crippen LogP contribution is -2.32. The van der Waals surface area contributed by atoms with Crippen LogP contribution in [0.5, 0.6) is 0 Å². The average molecular weight is 475 g/mol. The van der Waals surface area contributed by atoms with Gasteiger partial charge >= 0.3 is 0 Å². The van der Waals surface area contributed by atoms with E-state index in [2.05, 4.69) is 11.8 Å². The first kappa shape index (κ1) is 22.5. The molecule has 0 bridgehead atoms. The highest BCUT2D eigenvalue weighted by Gasteiger charge is 2.26. The van der Waals surface area contributed by atoms with Crippen molar-refractivity contribution in [1.82, 2.24) is 4.72 Å². The number of amides is 1. The summed E-state index contributed by atoms with van der Waals surface area (Å²) in [6.07, 6.45) is 0. The Balaban J connectivity index is 1.80. The number of carbonyl (C=O) groups excluding carboxylic acids is 1. The lowest BCUT2D eigenvalue weighted by Gasteiger charge is -2.10. The van der Waals surface area contributed by atoms with E-state index in [0.29, 0.717) is 16.1 Å². The molecule has 3 aromatic rings. The van der Waals surface area contributed by atoms with E-state index in [9.17, 15) is 21.6 Å². The summed E-state index contributed by atoms with van der Waals surface area (Å²) in [4.78, 5) is 11.2. The van der Waals surface area contributed by atoms with Crippen molar-refractivity contribution in [2.45, 2.75) is 9.79 Å². The van der Waals surface area contributed by atoms with Crippen molar-refractivity contribution in [2.24, 2.45) is 5.14 Å². The van der Waals surface area contributed by atoms with Crippen molar-refractivity contribution in [1.29, 1.82) is 0 Å². The van der Waals surface area contributed by atoms with Gasteiger partial charge in [-0.05, 0) is 54.6 Å². The van der Waals surface area contributed by atoms with Crippen molar-refractivity contribution in [3.8, 4) is 11.8 Å². The molecule has 0 saturated carbocycles. The van der Waals surface area contributed by atoms with E-state index in [-0.39, 0.29) is 5.56 Å².